The average molecular weight is 443 g/mol. The Morgan fingerprint density at radius 3 is 2.74 bits per heavy atom. The minimum Gasteiger partial charge on any atom is -0.476 e. The number of aromatic nitrogens is 3. The molecular formula is C20H22N6O4S. The molecule has 31 heavy (non-hydrogen) atoms. The maximum atomic E-state index is 11.8. The Balaban J connectivity index is 1.54. The summed E-state index contributed by atoms with van der Waals surface area (Å²) < 4.78 is 10.2. The number of amides is 2. The van der Waals surface area contributed by atoms with E-state index in [9.17, 15) is 9.59 Å². The fourth-order valence-electron chi connectivity index (χ4n) is 2.56. The molecule has 0 saturated carbocycles. The second kappa shape index (κ2) is 10.3. The second-order valence-corrected chi connectivity index (χ2v) is 7.41. The van der Waals surface area contributed by atoms with Crippen LogP contribution < -0.4 is 21.1 Å². The highest BCUT2D eigenvalue weighted by Crippen LogP contribution is 2.30. The lowest BCUT2D eigenvalue weighted by molar-refractivity contribution is -0.128. The van der Waals surface area contributed by atoms with Gasteiger partial charge in [0.2, 0.25) is 5.88 Å². The molecule has 0 aliphatic carbocycles. The molecule has 10 nitrogen and oxygen atoms in total. The quantitative estimate of drug-likeness (QED) is 0.429. The van der Waals surface area contributed by atoms with Gasteiger partial charge < -0.3 is 25.8 Å². The summed E-state index contributed by atoms with van der Waals surface area (Å²) in [6.07, 6.45) is -0.181. The van der Waals surface area contributed by atoms with Crippen molar-refractivity contribution in [3.63, 3.8) is 0 Å². The van der Waals surface area contributed by atoms with Crippen LogP contribution >= 0.6 is 11.3 Å². The number of primary amides is 1. The van der Waals surface area contributed by atoms with Gasteiger partial charge in [-0.05, 0) is 19.4 Å². The van der Waals surface area contributed by atoms with Crippen LogP contribution in [0.15, 0.2) is 42.6 Å². The number of nitrogens with two attached hydrogens (primary N) is 1. The molecule has 3 aromatic rings. The second-order valence-electron chi connectivity index (χ2n) is 6.38. The molecule has 2 aromatic heterocycles. The number of anilines is 2. The fourth-order valence-corrected chi connectivity index (χ4v) is 3.39. The number of benzene rings is 1. The molecular weight excluding hydrogens is 420 g/mol. The van der Waals surface area contributed by atoms with Gasteiger partial charge in [-0.1, -0.05) is 41.7 Å². The first-order valence-corrected chi connectivity index (χ1v) is 10.2. The minimum absolute atomic E-state index is 0.167. The smallest absolute Gasteiger partial charge is 0.405 e. The van der Waals surface area contributed by atoms with E-state index < -0.39 is 18.1 Å². The number of nitrogens with zero attached hydrogens (tertiary/aromatic N) is 3. The van der Waals surface area contributed by atoms with Gasteiger partial charge in [0.1, 0.15) is 18.2 Å². The summed E-state index contributed by atoms with van der Waals surface area (Å²) in [5.74, 6) is 0.948. The highest BCUT2D eigenvalue weighted by Gasteiger charge is 2.15. The molecule has 0 fully saturated rings. The Bertz CT molecular complexity index is 1040. The van der Waals surface area contributed by atoms with Crippen LogP contribution in [0.2, 0.25) is 0 Å². The fraction of sp³-hybridized carbons (Fsp3) is 0.250. The summed E-state index contributed by atoms with van der Waals surface area (Å²) in [6, 6.07) is 11.6. The van der Waals surface area contributed by atoms with E-state index >= 15 is 0 Å². The number of aryl methyl sites for hydroxylation is 1. The van der Waals surface area contributed by atoms with Gasteiger partial charge in [0, 0.05) is 12.3 Å². The van der Waals surface area contributed by atoms with E-state index in [4.69, 9.17) is 10.5 Å². The molecule has 1 aromatic carbocycles. The van der Waals surface area contributed by atoms with Crippen molar-refractivity contribution < 1.29 is 19.1 Å². The van der Waals surface area contributed by atoms with Gasteiger partial charge >= 0.3 is 6.09 Å². The Kier molecular flexibility index (Phi) is 7.33. The normalized spacial score (nSPS) is 11.4. The molecule has 0 bridgehead atoms. The highest BCUT2D eigenvalue weighted by molar-refractivity contribution is 7.18. The Hall–Kier alpha value is -3.73. The number of rotatable bonds is 9. The third kappa shape index (κ3) is 6.64. The standard InChI is InChI=1S/C20H22N6O4S/c1-12(30-19(21)28)18(27)22-8-9-29-17-10-16(24-13(2)25-17)26-20-23-11-15(31-20)14-6-4-3-5-7-14/h3-7,10-12H,8-9H2,1-2H3,(H2,21,28)(H,22,27)(H,23,24,25,26)/t12-/m0/s1. The summed E-state index contributed by atoms with van der Waals surface area (Å²) in [6.45, 7) is 3.54. The van der Waals surface area contributed by atoms with E-state index in [-0.39, 0.29) is 13.2 Å². The van der Waals surface area contributed by atoms with E-state index in [1.54, 1.807) is 19.2 Å². The summed E-state index contributed by atoms with van der Waals surface area (Å²) in [4.78, 5) is 36.4. The van der Waals surface area contributed by atoms with Crippen LogP contribution in [0.1, 0.15) is 12.7 Å². The molecule has 3 rings (SSSR count). The number of nitrogens with one attached hydrogen (secondary N) is 2. The molecule has 4 N–H and O–H groups in total. The van der Waals surface area contributed by atoms with Gasteiger partial charge in [-0.3, -0.25) is 4.79 Å². The first kappa shape index (κ1) is 22.0. The van der Waals surface area contributed by atoms with E-state index in [2.05, 4.69) is 30.3 Å². The van der Waals surface area contributed by atoms with Crippen LogP contribution in [0.3, 0.4) is 0 Å². The van der Waals surface area contributed by atoms with Crippen LogP contribution in [0.4, 0.5) is 15.7 Å². The van der Waals surface area contributed by atoms with Crippen molar-refractivity contribution in [2.75, 3.05) is 18.5 Å². The van der Waals surface area contributed by atoms with Crippen molar-refractivity contribution >= 4 is 34.3 Å². The maximum Gasteiger partial charge on any atom is 0.405 e. The Morgan fingerprint density at radius 2 is 2.00 bits per heavy atom. The minimum atomic E-state index is -1.01. The lowest BCUT2D eigenvalue weighted by atomic mass is 10.2. The number of ether oxygens (including phenoxy) is 2. The number of carbonyl (C=O) groups is 2. The van der Waals surface area contributed by atoms with Crippen LogP contribution in [-0.4, -0.2) is 46.2 Å². The molecule has 0 radical (unpaired) electrons. The van der Waals surface area contributed by atoms with Gasteiger partial charge in [-0.15, -0.1) is 0 Å². The maximum absolute atomic E-state index is 11.8. The van der Waals surface area contributed by atoms with E-state index in [1.165, 1.54) is 18.3 Å². The molecule has 0 aliphatic heterocycles. The molecule has 0 unspecified atom stereocenters. The van der Waals surface area contributed by atoms with Crippen LogP contribution in [0, 0.1) is 6.92 Å². The van der Waals surface area contributed by atoms with Crippen molar-refractivity contribution in [3.8, 4) is 16.3 Å². The predicted molar refractivity (Wildman–Crippen MR) is 116 cm³/mol. The number of carbonyl (C=O) groups excluding carboxylic acids is 2. The number of hydrogen-bond donors (Lipinski definition) is 3. The van der Waals surface area contributed by atoms with E-state index in [0.717, 1.165) is 10.4 Å². The summed E-state index contributed by atoms with van der Waals surface area (Å²) in [5, 5.41) is 6.44. The van der Waals surface area contributed by atoms with Crippen molar-refractivity contribution in [1.82, 2.24) is 20.3 Å². The zero-order valence-corrected chi connectivity index (χ0v) is 17.8. The SMILES string of the molecule is Cc1nc(Nc2ncc(-c3ccccc3)s2)cc(OCCNC(=O)[C@H](C)OC(N)=O)n1. The molecule has 11 heteroatoms. The van der Waals surface area contributed by atoms with Crippen molar-refractivity contribution in [2.24, 2.45) is 5.73 Å². The number of hydrogen-bond acceptors (Lipinski definition) is 9. The summed E-state index contributed by atoms with van der Waals surface area (Å²) in [5.41, 5.74) is 5.98. The molecule has 0 spiro atoms. The van der Waals surface area contributed by atoms with Crippen LogP contribution in [0.25, 0.3) is 10.4 Å². The first-order valence-electron chi connectivity index (χ1n) is 9.41. The van der Waals surface area contributed by atoms with Crippen molar-refractivity contribution in [3.05, 3.63) is 48.4 Å². The van der Waals surface area contributed by atoms with E-state index in [0.29, 0.717) is 22.7 Å². The Labute approximate surface area is 182 Å². The summed E-state index contributed by atoms with van der Waals surface area (Å²) >= 11 is 1.51. The van der Waals surface area contributed by atoms with Crippen molar-refractivity contribution in [1.29, 1.82) is 0 Å². The van der Waals surface area contributed by atoms with Gasteiger partial charge in [0.15, 0.2) is 11.2 Å². The van der Waals surface area contributed by atoms with Crippen LogP contribution in [-0.2, 0) is 9.53 Å². The first-order chi connectivity index (χ1) is 14.9. The predicted octanol–water partition coefficient (Wildman–Crippen LogP) is 2.63. The molecule has 2 amide bonds. The average Bonchev–Trinajstić information content (AvgIpc) is 3.19. The van der Waals surface area contributed by atoms with Gasteiger partial charge in [-0.25, -0.2) is 14.8 Å². The zero-order chi connectivity index (χ0) is 22.2. The van der Waals surface area contributed by atoms with Crippen molar-refractivity contribution in [2.45, 2.75) is 20.0 Å². The monoisotopic (exact) mass is 442 g/mol. The largest absolute Gasteiger partial charge is 0.476 e. The lowest BCUT2D eigenvalue weighted by Gasteiger charge is -2.12. The third-order valence-electron chi connectivity index (χ3n) is 3.93. The van der Waals surface area contributed by atoms with Gasteiger partial charge in [0.05, 0.1) is 11.4 Å². The van der Waals surface area contributed by atoms with E-state index in [1.807, 2.05) is 30.3 Å². The highest BCUT2D eigenvalue weighted by atomic mass is 32.1. The number of thiazole rings is 1. The van der Waals surface area contributed by atoms with Gasteiger partial charge in [-0.2, -0.15) is 4.98 Å². The topological polar surface area (TPSA) is 141 Å². The third-order valence-corrected chi connectivity index (χ3v) is 4.89. The zero-order valence-electron chi connectivity index (χ0n) is 17.0. The molecule has 0 aliphatic rings. The van der Waals surface area contributed by atoms with Gasteiger partial charge in [0.25, 0.3) is 5.91 Å². The Morgan fingerprint density at radius 1 is 1.23 bits per heavy atom. The molecule has 1 atom stereocenters. The molecule has 0 saturated heterocycles. The summed E-state index contributed by atoms with van der Waals surface area (Å²) in [7, 11) is 0. The lowest BCUT2D eigenvalue weighted by Crippen LogP contribution is -2.38. The van der Waals surface area contributed by atoms with Crippen LogP contribution in [0.5, 0.6) is 5.88 Å². The molecule has 162 valence electrons. The molecule has 2 heterocycles.